The van der Waals surface area contributed by atoms with Crippen LogP contribution >= 0.6 is 0 Å². The second-order valence-corrected chi connectivity index (χ2v) is 11.5. The van der Waals surface area contributed by atoms with Gasteiger partial charge >= 0.3 is 0 Å². The Hall–Kier alpha value is -6.18. The first-order valence-electron chi connectivity index (χ1n) is 21.2. The lowest BCUT2D eigenvalue weighted by Crippen LogP contribution is -1.92. The van der Waals surface area contributed by atoms with E-state index >= 15 is 0 Å². The highest BCUT2D eigenvalue weighted by Gasteiger charge is 2.21. The molecular formula is C46H28O. The second kappa shape index (κ2) is 10.2. The van der Waals surface area contributed by atoms with Crippen molar-refractivity contribution in [1.82, 2.24) is 0 Å². The van der Waals surface area contributed by atoms with Gasteiger partial charge in [-0.3, -0.25) is 0 Å². The van der Waals surface area contributed by atoms with Gasteiger partial charge < -0.3 is 4.42 Å². The number of hydrogen-bond acceptors (Lipinski definition) is 1. The Kier molecular flexibility index (Phi) is 3.66. The van der Waals surface area contributed by atoms with Gasteiger partial charge in [-0.05, 0) is 101 Å². The van der Waals surface area contributed by atoms with E-state index in [9.17, 15) is 1.37 Å². The molecule has 0 aliphatic rings. The summed E-state index contributed by atoms with van der Waals surface area (Å²) in [6.45, 7) is 0. The molecule has 0 amide bonds. The van der Waals surface area contributed by atoms with Crippen LogP contribution in [0.1, 0.15) is 16.4 Å². The number of fused-ring (bicyclic) bond motifs is 7. The van der Waals surface area contributed by atoms with Crippen molar-refractivity contribution in [1.29, 1.82) is 0 Å². The number of furan rings is 1. The van der Waals surface area contributed by atoms with Crippen molar-refractivity contribution in [2.75, 3.05) is 0 Å². The summed E-state index contributed by atoms with van der Waals surface area (Å²) in [6, 6.07) is 25.7. The lowest BCUT2D eigenvalue weighted by molar-refractivity contribution is 0.669. The third-order valence-corrected chi connectivity index (χ3v) is 9.01. The Morgan fingerprint density at radius 3 is 1.83 bits per heavy atom. The van der Waals surface area contributed by atoms with E-state index in [4.69, 9.17) is 19.5 Å². The molecular weight excluding hydrogens is 569 g/mol. The Morgan fingerprint density at radius 2 is 1.06 bits per heavy atom. The van der Waals surface area contributed by atoms with E-state index in [1.165, 1.54) is 0 Å². The standard InChI is InChI=1S/C46H28O/c1-2-12-29(13-3-1)31-24-25-32-27-41-43(28-33(32)26-31)47-42-23-11-22-40(46(41)42)45-38-19-8-6-17-36(38)44(37-18-7-9-20-39(37)45)35-21-10-15-30-14-4-5-16-34(30)35/h1-28H/i1D,2D,3D,4D,5D,10D,12D,13D,14D,15D,16D,21D. The monoisotopic (exact) mass is 608 g/mol. The number of hydrogen-bond donors (Lipinski definition) is 0. The fourth-order valence-corrected chi connectivity index (χ4v) is 7.02. The zero-order valence-electron chi connectivity index (χ0n) is 36.6. The maximum atomic E-state index is 9.25. The van der Waals surface area contributed by atoms with Crippen molar-refractivity contribution in [2.24, 2.45) is 0 Å². The van der Waals surface area contributed by atoms with E-state index in [0.717, 1.165) is 43.4 Å². The van der Waals surface area contributed by atoms with E-state index in [0.29, 0.717) is 33.1 Å². The van der Waals surface area contributed by atoms with Crippen LogP contribution in [-0.2, 0) is 0 Å². The van der Waals surface area contributed by atoms with Gasteiger partial charge in [0, 0.05) is 10.8 Å². The van der Waals surface area contributed by atoms with Crippen molar-refractivity contribution >= 4 is 65.0 Å². The zero-order valence-corrected chi connectivity index (χ0v) is 24.6. The molecule has 0 bridgehead atoms. The highest BCUT2D eigenvalue weighted by Crippen LogP contribution is 2.48. The molecule has 1 heterocycles. The molecule has 0 aliphatic carbocycles. The fraction of sp³-hybridized carbons (Fsp3) is 0. The van der Waals surface area contributed by atoms with Crippen LogP contribution < -0.4 is 0 Å². The molecule has 9 aromatic carbocycles. The zero-order chi connectivity index (χ0) is 41.3. The van der Waals surface area contributed by atoms with Crippen molar-refractivity contribution in [2.45, 2.75) is 0 Å². The van der Waals surface area contributed by atoms with E-state index in [2.05, 4.69) is 0 Å². The predicted molar refractivity (Wildman–Crippen MR) is 200 cm³/mol. The van der Waals surface area contributed by atoms with Crippen molar-refractivity contribution in [3.8, 4) is 33.4 Å². The van der Waals surface area contributed by atoms with E-state index in [1.54, 1.807) is 12.1 Å². The molecule has 0 N–H and O–H groups in total. The highest BCUT2D eigenvalue weighted by molar-refractivity contribution is 6.27. The third kappa shape index (κ3) is 3.97. The molecule has 1 heteroatoms. The van der Waals surface area contributed by atoms with Crippen molar-refractivity contribution < 1.29 is 20.9 Å². The summed E-state index contributed by atoms with van der Waals surface area (Å²) in [4.78, 5) is 0. The van der Waals surface area contributed by atoms with E-state index in [-0.39, 0.29) is 46.1 Å². The molecule has 0 saturated carbocycles. The van der Waals surface area contributed by atoms with Gasteiger partial charge in [-0.2, -0.15) is 0 Å². The minimum atomic E-state index is -0.508. The van der Waals surface area contributed by atoms with E-state index in [1.807, 2.05) is 84.9 Å². The van der Waals surface area contributed by atoms with Gasteiger partial charge in [0.15, 0.2) is 0 Å². The van der Waals surface area contributed by atoms with Gasteiger partial charge in [0.05, 0.1) is 16.4 Å². The quantitative estimate of drug-likeness (QED) is 0.182. The van der Waals surface area contributed by atoms with Crippen LogP contribution in [0.25, 0.3) is 98.4 Å². The molecule has 0 fully saturated rings. The molecule has 10 rings (SSSR count). The van der Waals surface area contributed by atoms with Crippen LogP contribution in [-0.4, -0.2) is 0 Å². The first-order chi connectivity index (χ1) is 28.3. The van der Waals surface area contributed by atoms with Crippen LogP contribution in [0.3, 0.4) is 0 Å². The minimum absolute atomic E-state index is 0.0228. The fourth-order valence-electron chi connectivity index (χ4n) is 7.02. The SMILES string of the molecule is [2H]c1c([2H])c([2H])c(-c2ccc3cc4c(cc3c2)oc2cccc(-c3c5ccccc5c(-c5c([2H])c([2H])c([2H])c6c([2H])c([2H])c([2H])c([2H])c56)c5ccccc35)c24)c([2H])c1[2H]. The summed E-state index contributed by atoms with van der Waals surface area (Å²) in [5.41, 5.74) is 4.22. The molecule has 1 aromatic heterocycles. The molecule has 1 nitrogen and oxygen atoms in total. The molecule has 0 unspecified atom stereocenters. The summed E-state index contributed by atoms with van der Waals surface area (Å²) >= 11 is 0. The first kappa shape index (κ1) is 16.9. The Bertz CT molecular complexity index is 3440. The van der Waals surface area contributed by atoms with Crippen LogP contribution in [0.2, 0.25) is 0 Å². The van der Waals surface area contributed by atoms with Crippen LogP contribution in [0, 0.1) is 0 Å². The lowest BCUT2D eigenvalue weighted by atomic mass is 9.84. The lowest BCUT2D eigenvalue weighted by Gasteiger charge is -2.19. The average Bonchev–Trinajstić information content (AvgIpc) is 3.61. The molecule has 0 atom stereocenters. The average molecular weight is 609 g/mol. The van der Waals surface area contributed by atoms with Crippen LogP contribution in [0.4, 0.5) is 0 Å². The third-order valence-electron chi connectivity index (χ3n) is 9.01. The molecule has 47 heavy (non-hydrogen) atoms. The van der Waals surface area contributed by atoms with Gasteiger partial charge in [-0.25, -0.2) is 0 Å². The highest BCUT2D eigenvalue weighted by atomic mass is 16.3. The molecule has 0 saturated heterocycles. The predicted octanol–water partition coefficient (Wildman–Crippen LogP) is 13.2. The summed E-state index contributed by atoms with van der Waals surface area (Å²) in [6.07, 6.45) is 0. The normalized spacial score (nSPS) is 15.4. The summed E-state index contributed by atoms with van der Waals surface area (Å²) < 4.78 is 109. The first-order valence-corrected chi connectivity index (χ1v) is 15.2. The minimum Gasteiger partial charge on any atom is -0.456 e. The van der Waals surface area contributed by atoms with Gasteiger partial charge in [0.25, 0.3) is 0 Å². The maximum Gasteiger partial charge on any atom is 0.136 e. The second-order valence-electron chi connectivity index (χ2n) is 11.5. The molecule has 0 radical (unpaired) electrons. The topological polar surface area (TPSA) is 13.1 Å². The maximum absolute atomic E-state index is 9.25. The summed E-state index contributed by atoms with van der Waals surface area (Å²) in [7, 11) is 0. The van der Waals surface area contributed by atoms with Crippen LogP contribution in [0.5, 0.6) is 0 Å². The van der Waals surface area contributed by atoms with Crippen molar-refractivity contribution in [3.05, 3.63) is 170 Å². The summed E-state index contributed by atoms with van der Waals surface area (Å²) in [5, 5.41) is 6.16. The molecule has 0 spiro atoms. The van der Waals surface area contributed by atoms with Crippen LogP contribution in [0.15, 0.2) is 174 Å². The Balaban J connectivity index is 1.27. The number of benzene rings is 9. The number of rotatable bonds is 3. The smallest absolute Gasteiger partial charge is 0.136 e. The van der Waals surface area contributed by atoms with E-state index < -0.39 is 48.3 Å². The largest absolute Gasteiger partial charge is 0.456 e. The molecule has 0 aliphatic heterocycles. The molecule has 10 aromatic rings. The summed E-state index contributed by atoms with van der Waals surface area (Å²) in [5.74, 6) is 0. The van der Waals surface area contributed by atoms with Gasteiger partial charge in [0.2, 0.25) is 0 Å². The van der Waals surface area contributed by atoms with Gasteiger partial charge in [-0.15, -0.1) is 0 Å². The van der Waals surface area contributed by atoms with Gasteiger partial charge in [0.1, 0.15) is 11.2 Å². The van der Waals surface area contributed by atoms with Crippen molar-refractivity contribution in [3.63, 3.8) is 0 Å². The van der Waals surface area contributed by atoms with Gasteiger partial charge in [-0.1, -0.05) is 145 Å². The Morgan fingerprint density at radius 1 is 0.383 bits per heavy atom. The Labute approximate surface area is 288 Å². The molecule has 218 valence electrons.